The van der Waals surface area contributed by atoms with Gasteiger partial charge in [-0.25, -0.2) is 0 Å². The van der Waals surface area contributed by atoms with Crippen LogP contribution in [0.3, 0.4) is 0 Å². The summed E-state index contributed by atoms with van der Waals surface area (Å²) < 4.78 is 4.76. The molecule has 1 amide bonds. The van der Waals surface area contributed by atoms with E-state index in [4.69, 9.17) is 4.74 Å². The lowest BCUT2D eigenvalue weighted by Crippen LogP contribution is -2.30. The molecule has 2 aromatic rings. The third-order valence-corrected chi connectivity index (χ3v) is 5.43. The number of ether oxygens (including phenoxy) is 1. The van der Waals surface area contributed by atoms with Crippen LogP contribution >= 0.6 is 11.3 Å². The van der Waals surface area contributed by atoms with Crippen molar-refractivity contribution in [2.75, 3.05) is 25.1 Å². The van der Waals surface area contributed by atoms with Gasteiger partial charge in [0.2, 0.25) is 0 Å². The molecule has 1 aromatic carbocycles. The fraction of sp³-hybridized carbons (Fsp3) is 0.429. The van der Waals surface area contributed by atoms with Crippen LogP contribution in [-0.4, -0.2) is 32.1 Å². The predicted octanol–water partition coefficient (Wildman–Crippen LogP) is 4.41. The summed E-state index contributed by atoms with van der Waals surface area (Å²) in [6.45, 7) is 6.26. The highest BCUT2D eigenvalue weighted by Crippen LogP contribution is 2.23. The van der Waals surface area contributed by atoms with Crippen molar-refractivity contribution < 1.29 is 14.3 Å². The van der Waals surface area contributed by atoms with Crippen LogP contribution in [0.5, 0.6) is 0 Å². The van der Waals surface area contributed by atoms with Gasteiger partial charge in [-0.05, 0) is 49.1 Å². The Morgan fingerprint density at radius 3 is 2.48 bits per heavy atom. The van der Waals surface area contributed by atoms with E-state index in [1.807, 2.05) is 41.8 Å². The molecule has 0 bridgehead atoms. The van der Waals surface area contributed by atoms with Crippen molar-refractivity contribution in [2.24, 2.45) is 0 Å². The summed E-state index contributed by atoms with van der Waals surface area (Å²) in [5, 5.41) is 4.88. The molecule has 1 aromatic heterocycles. The molecule has 0 saturated heterocycles. The van der Waals surface area contributed by atoms with Gasteiger partial charge in [-0.2, -0.15) is 0 Å². The molecule has 1 atom stereocenters. The Bertz CT molecular complexity index is 714. The molecule has 0 fully saturated rings. The van der Waals surface area contributed by atoms with Crippen LogP contribution in [0.25, 0.3) is 0 Å². The number of carbonyl (C=O) groups is 2. The highest BCUT2D eigenvalue weighted by molar-refractivity contribution is 7.10. The van der Waals surface area contributed by atoms with E-state index in [-0.39, 0.29) is 24.3 Å². The van der Waals surface area contributed by atoms with E-state index in [9.17, 15) is 9.59 Å². The molecule has 1 N–H and O–H groups in total. The van der Waals surface area contributed by atoms with Crippen LogP contribution in [-0.2, 0) is 9.53 Å². The van der Waals surface area contributed by atoms with E-state index >= 15 is 0 Å². The number of amides is 1. The van der Waals surface area contributed by atoms with Crippen molar-refractivity contribution in [2.45, 2.75) is 39.2 Å². The number of thiophene rings is 1. The van der Waals surface area contributed by atoms with Crippen LogP contribution in [0.1, 0.15) is 54.4 Å². The molecule has 27 heavy (non-hydrogen) atoms. The smallest absolute Gasteiger partial charge is 0.307 e. The second-order valence-corrected chi connectivity index (χ2v) is 7.28. The average molecular weight is 389 g/mol. The van der Waals surface area contributed by atoms with E-state index in [1.165, 1.54) is 18.4 Å². The lowest BCUT2D eigenvalue weighted by atomic mass is 10.1. The Kier molecular flexibility index (Phi) is 8.33. The number of anilines is 1. The van der Waals surface area contributed by atoms with E-state index in [2.05, 4.69) is 24.1 Å². The standard InChI is InChI=1S/C21H28N2O3S/c1-4-6-13-23(5-2)17-11-9-16(10-12-17)21(25)22-18(15-20(24)26-3)19-8-7-14-27-19/h7-12,14,18H,4-6,13,15H2,1-3H3,(H,22,25). The van der Waals surface area contributed by atoms with Crippen molar-refractivity contribution in [3.8, 4) is 0 Å². The van der Waals surface area contributed by atoms with E-state index in [1.54, 1.807) is 0 Å². The Hall–Kier alpha value is -2.34. The van der Waals surface area contributed by atoms with E-state index < -0.39 is 0 Å². The number of methoxy groups -OCH3 is 1. The highest BCUT2D eigenvalue weighted by Gasteiger charge is 2.20. The molecule has 0 aliphatic rings. The van der Waals surface area contributed by atoms with Crippen LogP contribution in [0.4, 0.5) is 5.69 Å². The zero-order valence-corrected chi connectivity index (χ0v) is 17.1. The molecular weight excluding hydrogens is 360 g/mol. The van der Waals surface area contributed by atoms with Crippen molar-refractivity contribution in [3.63, 3.8) is 0 Å². The second kappa shape index (κ2) is 10.7. The van der Waals surface area contributed by atoms with E-state index in [0.717, 1.165) is 36.5 Å². The molecule has 0 saturated carbocycles. The molecule has 5 nitrogen and oxygen atoms in total. The van der Waals surface area contributed by atoms with Crippen LogP contribution in [0, 0.1) is 0 Å². The quantitative estimate of drug-likeness (QED) is 0.613. The normalized spacial score (nSPS) is 11.7. The number of hydrogen-bond acceptors (Lipinski definition) is 5. The number of nitrogens with zero attached hydrogens (tertiary/aromatic N) is 1. The Morgan fingerprint density at radius 2 is 1.93 bits per heavy atom. The summed E-state index contributed by atoms with van der Waals surface area (Å²) in [7, 11) is 1.35. The number of unbranched alkanes of at least 4 members (excludes halogenated alkanes) is 1. The zero-order valence-electron chi connectivity index (χ0n) is 16.2. The van der Waals surface area contributed by atoms with Gasteiger partial charge in [-0.3, -0.25) is 9.59 Å². The lowest BCUT2D eigenvalue weighted by molar-refractivity contribution is -0.141. The Morgan fingerprint density at radius 1 is 1.19 bits per heavy atom. The van der Waals surface area contributed by atoms with Gasteiger partial charge < -0.3 is 15.0 Å². The lowest BCUT2D eigenvalue weighted by Gasteiger charge is -2.23. The fourth-order valence-corrected chi connectivity index (χ4v) is 3.62. The first-order valence-electron chi connectivity index (χ1n) is 9.35. The topological polar surface area (TPSA) is 58.6 Å². The maximum absolute atomic E-state index is 12.7. The summed E-state index contributed by atoms with van der Waals surface area (Å²) in [6.07, 6.45) is 2.41. The van der Waals surface area contributed by atoms with Gasteiger partial charge >= 0.3 is 5.97 Å². The minimum absolute atomic E-state index is 0.113. The minimum Gasteiger partial charge on any atom is -0.469 e. The summed E-state index contributed by atoms with van der Waals surface area (Å²) in [4.78, 5) is 27.6. The number of hydrogen-bond donors (Lipinski definition) is 1. The molecular formula is C21H28N2O3S. The number of rotatable bonds is 10. The summed E-state index contributed by atoms with van der Waals surface area (Å²) in [5.74, 6) is -0.543. The van der Waals surface area contributed by atoms with Gasteiger partial charge in [-0.1, -0.05) is 19.4 Å². The first-order chi connectivity index (χ1) is 13.1. The van der Waals surface area contributed by atoms with Gasteiger partial charge in [0.15, 0.2) is 0 Å². The van der Waals surface area contributed by atoms with Gasteiger partial charge in [-0.15, -0.1) is 11.3 Å². The van der Waals surface area contributed by atoms with E-state index in [0.29, 0.717) is 5.56 Å². The van der Waals surface area contributed by atoms with Crippen LogP contribution < -0.4 is 10.2 Å². The molecule has 2 rings (SSSR count). The maximum atomic E-state index is 12.7. The number of carbonyl (C=O) groups excluding carboxylic acids is 2. The molecule has 0 spiro atoms. The molecule has 1 heterocycles. The van der Waals surface area contributed by atoms with Crippen molar-refractivity contribution in [3.05, 3.63) is 52.2 Å². The van der Waals surface area contributed by atoms with Crippen molar-refractivity contribution in [1.29, 1.82) is 0 Å². The van der Waals surface area contributed by atoms with Crippen molar-refractivity contribution in [1.82, 2.24) is 5.32 Å². The van der Waals surface area contributed by atoms with Gasteiger partial charge in [0.05, 0.1) is 19.6 Å². The maximum Gasteiger partial charge on any atom is 0.307 e. The highest BCUT2D eigenvalue weighted by atomic mass is 32.1. The summed E-state index contributed by atoms with van der Waals surface area (Å²) in [5.41, 5.74) is 1.70. The monoisotopic (exact) mass is 388 g/mol. The predicted molar refractivity (Wildman–Crippen MR) is 110 cm³/mol. The van der Waals surface area contributed by atoms with Gasteiger partial charge in [0.25, 0.3) is 5.91 Å². The molecule has 0 aliphatic carbocycles. The summed E-state index contributed by atoms with van der Waals surface area (Å²) >= 11 is 1.51. The largest absolute Gasteiger partial charge is 0.469 e. The minimum atomic E-state index is -0.388. The third kappa shape index (κ3) is 6.10. The molecule has 146 valence electrons. The number of benzene rings is 1. The van der Waals surface area contributed by atoms with Crippen LogP contribution in [0.2, 0.25) is 0 Å². The molecule has 1 unspecified atom stereocenters. The second-order valence-electron chi connectivity index (χ2n) is 6.30. The third-order valence-electron chi connectivity index (χ3n) is 4.45. The average Bonchev–Trinajstić information content (AvgIpc) is 3.23. The Labute approximate surface area is 165 Å². The van der Waals surface area contributed by atoms with Crippen molar-refractivity contribution >= 4 is 28.9 Å². The molecule has 0 radical (unpaired) electrons. The van der Waals surface area contributed by atoms with Crippen LogP contribution in [0.15, 0.2) is 41.8 Å². The first-order valence-corrected chi connectivity index (χ1v) is 10.2. The summed E-state index contributed by atoms with van der Waals surface area (Å²) in [6, 6.07) is 11.1. The van der Waals surface area contributed by atoms with Gasteiger partial charge in [0.1, 0.15) is 0 Å². The zero-order chi connectivity index (χ0) is 19.6. The molecule has 6 heteroatoms. The molecule has 0 aliphatic heterocycles. The first kappa shape index (κ1) is 21.0. The fourth-order valence-electron chi connectivity index (χ4n) is 2.85. The SMILES string of the molecule is CCCCN(CC)c1ccc(C(=O)NC(CC(=O)OC)c2cccs2)cc1. The Balaban J connectivity index is 2.07. The number of esters is 1. The number of nitrogens with one attached hydrogen (secondary N) is 1. The van der Waals surface area contributed by atoms with Gasteiger partial charge in [0, 0.05) is 29.2 Å².